The first kappa shape index (κ1) is 7.15. The maximum atomic E-state index is 9.80. The van der Waals surface area contributed by atoms with Gasteiger partial charge in [0.25, 0.3) is 0 Å². The predicted octanol–water partition coefficient (Wildman–Crippen LogP) is 1.71. The van der Waals surface area contributed by atoms with Crippen molar-refractivity contribution in [3.63, 3.8) is 0 Å². The number of hydrogen-bond donors (Lipinski definition) is 0. The number of aldehydes is 1. The van der Waals surface area contributed by atoms with Crippen LogP contribution in [0.15, 0.2) is 24.3 Å². The summed E-state index contributed by atoms with van der Waals surface area (Å²) in [5, 5.41) is 0. The number of hydrogen-bond acceptors (Lipinski definition) is 1. The number of allylic oxidation sites excluding steroid dienone is 3. The Hall–Kier alpha value is -0.850. The van der Waals surface area contributed by atoms with Crippen molar-refractivity contribution in [2.24, 2.45) is 0 Å². The molecule has 0 atom stereocenters. The summed E-state index contributed by atoms with van der Waals surface area (Å²) in [7, 11) is 0. The van der Waals surface area contributed by atoms with Crippen molar-refractivity contribution in [3.05, 3.63) is 24.3 Å². The van der Waals surface area contributed by atoms with Gasteiger partial charge in [-0.1, -0.05) is 18.7 Å². The zero-order chi connectivity index (χ0) is 6.41. The van der Waals surface area contributed by atoms with Gasteiger partial charge < -0.3 is 4.79 Å². The monoisotopic (exact) mass is 110 g/mol. The normalized spacial score (nSPS) is 9.62. The molecule has 1 heteroatoms. The first-order valence-corrected chi connectivity index (χ1v) is 2.55. The van der Waals surface area contributed by atoms with Gasteiger partial charge in [-0.15, -0.1) is 0 Å². The van der Waals surface area contributed by atoms with Crippen LogP contribution in [0.25, 0.3) is 0 Å². The molecule has 0 saturated heterocycles. The summed E-state index contributed by atoms with van der Waals surface area (Å²) in [5.41, 5.74) is 0.863. The zero-order valence-corrected chi connectivity index (χ0v) is 5.05. The van der Waals surface area contributed by atoms with E-state index < -0.39 is 0 Å². The summed E-state index contributed by atoms with van der Waals surface area (Å²) >= 11 is 0. The molecule has 1 nitrogen and oxygen atoms in total. The standard InChI is InChI=1S/C7H10O/c1-3-4-7(2)5-6-8/h3-4,6H,2,5H2,1H3. The van der Waals surface area contributed by atoms with Gasteiger partial charge in [-0.25, -0.2) is 0 Å². The Morgan fingerprint density at radius 1 is 1.75 bits per heavy atom. The zero-order valence-electron chi connectivity index (χ0n) is 5.05. The number of carbonyl (C=O) groups is 1. The number of rotatable bonds is 3. The highest BCUT2D eigenvalue weighted by Crippen LogP contribution is 1.94. The quantitative estimate of drug-likeness (QED) is 0.399. The Morgan fingerprint density at radius 3 is 2.75 bits per heavy atom. The van der Waals surface area contributed by atoms with Crippen molar-refractivity contribution in [1.29, 1.82) is 0 Å². The average molecular weight is 110 g/mol. The Kier molecular flexibility index (Phi) is 3.85. The van der Waals surface area contributed by atoms with Gasteiger partial charge in [-0.3, -0.25) is 0 Å². The smallest absolute Gasteiger partial charge is 0.124 e. The van der Waals surface area contributed by atoms with Crippen LogP contribution in [-0.2, 0) is 4.79 Å². The molecular formula is C7H10O. The molecule has 0 unspecified atom stereocenters. The molecule has 0 rings (SSSR count). The van der Waals surface area contributed by atoms with Gasteiger partial charge in [0.15, 0.2) is 0 Å². The minimum Gasteiger partial charge on any atom is -0.303 e. The summed E-state index contributed by atoms with van der Waals surface area (Å²) in [6.45, 7) is 5.51. The van der Waals surface area contributed by atoms with Crippen molar-refractivity contribution in [2.75, 3.05) is 0 Å². The van der Waals surface area contributed by atoms with E-state index in [0.29, 0.717) is 6.42 Å². The average Bonchev–Trinajstić information content (AvgIpc) is 1.68. The summed E-state index contributed by atoms with van der Waals surface area (Å²) < 4.78 is 0. The predicted molar refractivity (Wildman–Crippen MR) is 34.6 cm³/mol. The molecule has 0 aromatic heterocycles. The molecule has 0 aromatic carbocycles. The summed E-state index contributed by atoms with van der Waals surface area (Å²) in [6.07, 6.45) is 4.99. The molecular weight excluding hydrogens is 100 g/mol. The van der Waals surface area contributed by atoms with Gasteiger partial charge in [0.1, 0.15) is 6.29 Å². The molecule has 0 saturated carbocycles. The molecule has 0 amide bonds. The van der Waals surface area contributed by atoms with Crippen molar-refractivity contribution in [2.45, 2.75) is 13.3 Å². The molecule has 0 aromatic rings. The molecule has 0 N–H and O–H groups in total. The third-order valence-corrected chi connectivity index (χ3v) is 0.748. The molecule has 0 aliphatic heterocycles. The van der Waals surface area contributed by atoms with Gasteiger partial charge in [0.2, 0.25) is 0 Å². The van der Waals surface area contributed by atoms with Gasteiger partial charge in [0.05, 0.1) is 0 Å². The molecule has 44 valence electrons. The Morgan fingerprint density at radius 2 is 2.38 bits per heavy atom. The molecule has 8 heavy (non-hydrogen) atoms. The van der Waals surface area contributed by atoms with Crippen molar-refractivity contribution >= 4 is 6.29 Å². The minimum absolute atomic E-state index is 0.449. The second-order valence-electron chi connectivity index (χ2n) is 1.53. The third-order valence-electron chi connectivity index (χ3n) is 0.748. The van der Waals surface area contributed by atoms with E-state index in [1.807, 2.05) is 19.1 Å². The van der Waals surface area contributed by atoms with E-state index in [-0.39, 0.29) is 0 Å². The van der Waals surface area contributed by atoms with Crippen LogP contribution in [0.2, 0.25) is 0 Å². The van der Waals surface area contributed by atoms with Crippen LogP contribution in [0.5, 0.6) is 0 Å². The van der Waals surface area contributed by atoms with Crippen LogP contribution in [0, 0.1) is 0 Å². The van der Waals surface area contributed by atoms with E-state index in [4.69, 9.17) is 0 Å². The van der Waals surface area contributed by atoms with Crippen molar-refractivity contribution in [3.8, 4) is 0 Å². The molecule has 0 bridgehead atoms. The van der Waals surface area contributed by atoms with E-state index in [1.165, 1.54) is 0 Å². The fourth-order valence-electron chi connectivity index (χ4n) is 0.411. The highest BCUT2D eigenvalue weighted by Gasteiger charge is 1.81. The third kappa shape index (κ3) is 3.34. The molecule has 0 aliphatic rings. The van der Waals surface area contributed by atoms with Crippen LogP contribution in [0.4, 0.5) is 0 Å². The molecule has 0 fully saturated rings. The lowest BCUT2D eigenvalue weighted by molar-refractivity contribution is -0.107. The van der Waals surface area contributed by atoms with Gasteiger partial charge in [-0.2, -0.15) is 0 Å². The molecule has 0 heterocycles. The largest absolute Gasteiger partial charge is 0.303 e. The van der Waals surface area contributed by atoms with E-state index in [2.05, 4.69) is 6.58 Å². The van der Waals surface area contributed by atoms with Crippen LogP contribution in [-0.4, -0.2) is 6.29 Å². The lowest BCUT2D eigenvalue weighted by atomic mass is 10.2. The second-order valence-corrected chi connectivity index (χ2v) is 1.53. The fourth-order valence-corrected chi connectivity index (χ4v) is 0.411. The van der Waals surface area contributed by atoms with Crippen molar-refractivity contribution < 1.29 is 4.79 Å². The summed E-state index contributed by atoms with van der Waals surface area (Å²) in [5.74, 6) is 0. The summed E-state index contributed by atoms with van der Waals surface area (Å²) in [4.78, 5) is 9.80. The van der Waals surface area contributed by atoms with Gasteiger partial charge >= 0.3 is 0 Å². The second kappa shape index (κ2) is 4.31. The SMILES string of the molecule is C=C(C=CC)CC=O. The fraction of sp³-hybridized carbons (Fsp3) is 0.286. The first-order valence-electron chi connectivity index (χ1n) is 2.55. The molecule has 0 radical (unpaired) electrons. The van der Waals surface area contributed by atoms with E-state index >= 15 is 0 Å². The highest BCUT2D eigenvalue weighted by molar-refractivity contribution is 5.55. The molecule has 0 aliphatic carbocycles. The van der Waals surface area contributed by atoms with Crippen molar-refractivity contribution in [1.82, 2.24) is 0 Å². The van der Waals surface area contributed by atoms with Crippen LogP contribution < -0.4 is 0 Å². The Balaban J connectivity index is 3.48. The van der Waals surface area contributed by atoms with E-state index in [0.717, 1.165) is 11.9 Å². The van der Waals surface area contributed by atoms with E-state index in [1.54, 1.807) is 0 Å². The minimum atomic E-state index is 0.449. The number of carbonyl (C=O) groups excluding carboxylic acids is 1. The summed E-state index contributed by atoms with van der Waals surface area (Å²) in [6, 6.07) is 0. The van der Waals surface area contributed by atoms with Gasteiger partial charge in [0, 0.05) is 6.42 Å². The maximum Gasteiger partial charge on any atom is 0.124 e. The topological polar surface area (TPSA) is 17.1 Å². The van der Waals surface area contributed by atoms with E-state index in [9.17, 15) is 4.79 Å². The van der Waals surface area contributed by atoms with Crippen LogP contribution >= 0.6 is 0 Å². The first-order chi connectivity index (χ1) is 3.81. The highest BCUT2D eigenvalue weighted by atomic mass is 16.1. The van der Waals surface area contributed by atoms with Crippen LogP contribution in [0.1, 0.15) is 13.3 Å². The Labute approximate surface area is 49.7 Å². The van der Waals surface area contributed by atoms with Crippen LogP contribution in [0.3, 0.4) is 0 Å². The Bertz CT molecular complexity index is 112. The lowest BCUT2D eigenvalue weighted by Crippen LogP contribution is -1.74. The molecule has 0 spiro atoms. The van der Waals surface area contributed by atoms with Gasteiger partial charge in [-0.05, 0) is 12.5 Å². The maximum absolute atomic E-state index is 9.80. The lowest BCUT2D eigenvalue weighted by Gasteiger charge is -1.85.